The highest BCUT2D eigenvalue weighted by atomic mass is 19.3. The molecular formula is C17H15F4N3O2. The molecule has 1 aromatic heterocycles. The van der Waals surface area contributed by atoms with Gasteiger partial charge < -0.3 is 5.32 Å². The van der Waals surface area contributed by atoms with Crippen LogP contribution in [0.1, 0.15) is 24.8 Å². The maximum Gasteiger partial charge on any atom is 0.334 e. The van der Waals surface area contributed by atoms with E-state index in [0.29, 0.717) is 17.1 Å². The van der Waals surface area contributed by atoms with Crippen LogP contribution in [-0.4, -0.2) is 21.5 Å². The van der Waals surface area contributed by atoms with E-state index in [0.717, 1.165) is 12.1 Å². The molecule has 2 heterocycles. The summed E-state index contributed by atoms with van der Waals surface area (Å²) in [5.74, 6) is -4.49. The first kappa shape index (κ1) is 16.9. The van der Waals surface area contributed by atoms with Crippen LogP contribution in [0.2, 0.25) is 0 Å². The van der Waals surface area contributed by atoms with Crippen molar-refractivity contribution in [1.82, 2.24) is 9.55 Å². The first-order valence-electron chi connectivity index (χ1n) is 8.22. The number of rotatable bonds is 2. The quantitative estimate of drug-likeness (QED) is 0.800. The van der Waals surface area contributed by atoms with E-state index < -0.39 is 28.8 Å². The molecule has 1 aliphatic heterocycles. The summed E-state index contributed by atoms with van der Waals surface area (Å²) in [4.78, 5) is 27.5. The molecule has 1 atom stereocenters. The van der Waals surface area contributed by atoms with Gasteiger partial charge in [0.25, 0.3) is 5.56 Å². The molecule has 5 nitrogen and oxygen atoms in total. The van der Waals surface area contributed by atoms with E-state index in [2.05, 4.69) is 10.3 Å². The van der Waals surface area contributed by atoms with Gasteiger partial charge in [-0.25, -0.2) is 26.9 Å². The van der Waals surface area contributed by atoms with Gasteiger partial charge in [0, 0.05) is 24.9 Å². The zero-order valence-electron chi connectivity index (χ0n) is 13.5. The van der Waals surface area contributed by atoms with Crippen molar-refractivity contribution in [3.63, 3.8) is 0 Å². The minimum Gasteiger partial charge on any atom is -0.368 e. The topological polar surface area (TPSA) is 66.9 Å². The van der Waals surface area contributed by atoms with E-state index in [-0.39, 0.29) is 48.3 Å². The van der Waals surface area contributed by atoms with Crippen LogP contribution in [0.3, 0.4) is 0 Å². The zero-order chi connectivity index (χ0) is 18.6. The van der Waals surface area contributed by atoms with E-state index in [1.807, 2.05) is 0 Å². The third kappa shape index (κ3) is 2.81. The van der Waals surface area contributed by atoms with Crippen LogP contribution in [0.15, 0.2) is 27.8 Å². The largest absolute Gasteiger partial charge is 0.368 e. The number of hydrogen-bond acceptors (Lipinski definition) is 3. The minimum absolute atomic E-state index is 0.194. The Labute approximate surface area is 144 Å². The lowest BCUT2D eigenvalue weighted by Crippen LogP contribution is -2.48. The Bertz CT molecular complexity index is 970. The maximum atomic E-state index is 13.4. The van der Waals surface area contributed by atoms with E-state index in [9.17, 15) is 27.2 Å². The van der Waals surface area contributed by atoms with Crippen LogP contribution < -0.4 is 16.6 Å². The number of aromatic amines is 1. The molecule has 4 rings (SSSR count). The Hall–Kier alpha value is -2.58. The average Bonchev–Trinajstić information content (AvgIpc) is 2.51. The third-order valence-electron chi connectivity index (χ3n) is 5.03. The van der Waals surface area contributed by atoms with Crippen molar-refractivity contribution in [1.29, 1.82) is 0 Å². The van der Waals surface area contributed by atoms with Gasteiger partial charge >= 0.3 is 5.69 Å². The van der Waals surface area contributed by atoms with Crippen molar-refractivity contribution in [3.05, 3.63) is 56.2 Å². The number of aromatic nitrogens is 2. The Kier molecular flexibility index (Phi) is 3.71. The fraction of sp³-hybridized carbons (Fsp3) is 0.412. The molecule has 9 heteroatoms. The Morgan fingerprint density at radius 1 is 1.08 bits per heavy atom. The highest BCUT2D eigenvalue weighted by Gasteiger charge is 2.49. The first-order chi connectivity index (χ1) is 12.2. The number of halogens is 4. The molecular weight excluding hydrogens is 354 g/mol. The van der Waals surface area contributed by atoms with Crippen molar-refractivity contribution in [3.8, 4) is 5.69 Å². The lowest BCUT2D eigenvalue weighted by molar-refractivity contribution is -0.115. The van der Waals surface area contributed by atoms with Gasteiger partial charge in [0.1, 0.15) is 17.5 Å². The number of H-pyrrole nitrogens is 1. The highest BCUT2D eigenvalue weighted by molar-refractivity contribution is 5.48. The van der Waals surface area contributed by atoms with Crippen molar-refractivity contribution in [2.45, 2.75) is 37.6 Å². The second kappa shape index (κ2) is 5.72. The highest BCUT2D eigenvalue weighted by Crippen LogP contribution is 2.46. The smallest absolute Gasteiger partial charge is 0.334 e. The van der Waals surface area contributed by atoms with Gasteiger partial charge in [-0.15, -0.1) is 0 Å². The third-order valence-corrected chi connectivity index (χ3v) is 5.03. The van der Waals surface area contributed by atoms with Crippen LogP contribution in [0.5, 0.6) is 0 Å². The molecule has 1 aliphatic carbocycles. The molecule has 26 heavy (non-hydrogen) atoms. The molecule has 1 aromatic carbocycles. The van der Waals surface area contributed by atoms with E-state index >= 15 is 0 Å². The Morgan fingerprint density at radius 2 is 1.73 bits per heavy atom. The monoisotopic (exact) mass is 369 g/mol. The summed E-state index contributed by atoms with van der Waals surface area (Å²) in [6.45, 7) is 0. The first-order valence-corrected chi connectivity index (χ1v) is 8.22. The number of benzene rings is 1. The summed E-state index contributed by atoms with van der Waals surface area (Å²) in [5, 5.41) is 2.97. The Balaban J connectivity index is 1.70. The second-order valence-corrected chi connectivity index (χ2v) is 6.87. The van der Waals surface area contributed by atoms with Gasteiger partial charge in [-0.05, 0) is 30.9 Å². The number of alkyl halides is 2. The van der Waals surface area contributed by atoms with E-state index in [1.165, 1.54) is 0 Å². The van der Waals surface area contributed by atoms with Crippen LogP contribution >= 0.6 is 0 Å². The molecule has 0 saturated heterocycles. The van der Waals surface area contributed by atoms with Gasteiger partial charge in [-0.1, -0.05) is 0 Å². The van der Waals surface area contributed by atoms with Crippen LogP contribution in [0.4, 0.5) is 23.4 Å². The molecule has 0 amide bonds. The average molecular weight is 369 g/mol. The number of fused-ring (bicyclic) bond motifs is 1. The van der Waals surface area contributed by atoms with Crippen molar-refractivity contribution >= 4 is 5.82 Å². The van der Waals surface area contributed by atoms with E-state index in [1.54, 1.807) is 0 Å². The number of nitrogens with zero attached hydrogens (tertiary/aromatic N) is 1. The predicted molar refractivity (Wildman–Crippen MR) is 86.0 cm³/mol. The summed E-state index contributed by atoms with van der Waals surface area (Å²) >= 11 is 0. The Morgan fingerprint density at radius 3 is 2.35 bits per heavy atom. The standard InChI is InChI=1S/C17H15F4N3O2/c18-9-3-10(19)5-11(4-9)24-15(25)12-1-2-13(8-6-17(20,21)7-8)22-14(12)23-16(24)26/h3-5,8,13,22H,1-2,6-7H2,(H,23,26)/t13-/m1/s1. The molecule has 2 aliphatic rings. The van der Waals surface area contributed by atoms with E-state index in [4.69, 9.17) is 0 Å². The molecule has 0 spiro atoms. The summed E-state index contributed by atoms with van der Waals surface area (Å²) < 4.78 is 53.7. The molecule has 1 fully saturated rings. The molecule has 1 saturated carbocycles. The predicted octanol–water partition coefficient (Wildman–Crippen LogP) is 2.58. The summed E-state index contributed by atoms with van der Waals surface area (Å²) in [6.07, 6.45) is 0.308. The van der Waals surface area contributed by atoms with Gasteiger partial charge in [0.15, 0.2) is 0 Å². The van der Waals surface area contributed by atoms with Crippen molar-refractivity contribution in [2.75, 3.05) is 5.32 Å². The molecule has 2 aromatic rings. The van der Waals surface area contributed by atoms with Crippen LogP contribution in [-0.2, 0) is 6.42 Å². The van der Waals surface area contributed by atoms with Gasteiger partial charge in [0.2, 0.25) is 5.92 Å². The second-order valence-electron chi connectivity index (χ2n) is 6.87. The van der Waals surface area contributed by atoms with Gasteiger partial charge in [-0.3, -0.25) is 9.78 Å². The lowest BCUT2D eigenvalue weighted by atomic mass is 9.74. The molecule has 0 unspecified atom stereocenters. The minimum atomic E-state index is -2.65. The maximum absolute atomic E-state index is 13.4. The van der Waals surface area contributed by atoms with Crippen molar-refractivity contribution in [2.24, 2.45) is 5.92 Å². The summed E-state index contributed by atoms with van der Waals surface area (Å²) in [5.41, 5.74) is -1.49. The molecule has 138 valence electrons. The number of anilines is 1. The molecule has 2 N–H and O–H groups in total. The number of nitrogens with one attached hydrogen (secondary N) is 2. The summed E-state index contributed by atoms with van der Waals surface area (Å²) in [7, 11) is 0. The van der Waals surface area contributed by atoms with Gasteiger partial charge in [-0.2, -0.15) is 0 Å². The number of hydrogen-bond donors (Lipinski definition) is 2. The summed E-state index contributed by atoms with van der Waals surface area (Å²) in [6, 6.07) is 2.17. The fourth-order valence-electron chi connectivity index (χ4n) is 3.73. The zero-order valence-corrected chi connectivity index (χ0v) is 13.5. The van der Waals surface area contributed by atoms with Crippen LogP contribution in [0, 0.1) is 17.6 Å². The molecule has 0 bridgehead atoms. The molecule has 0 radical (unpaired) electrons. The van der Waals surface area contributed by atoms with Crippen LogP contribution in [0.25, 0.3) is 5.69 Å². The normalized spacial score (nSPS) is 21.6. The van der Waals surface area contributed by atoms with Gasteiger partial charge in [0.05, 0.1) is 11.3 Å². The lowest BCUT2D eigenvalue weighted by Gasteiger charge is -2.42. The fourth-order valence-corrected chi connectivity index (χ4v) is 3.73. The van der Waals surface area contributed by atoms with Crippen molar-refractivity contribution < 1.29 is 17.6 Å². The SMILES string of the molecule is O=c1[nH]c2c(c(=O)n1-c1cc(F)cc(F)c1)CC[C@H](C1CC(F)(F)C1)N2.